The molecule has 0 saturated carbocycles. The van der Waals surface area contributed by atoms with Crippen LogP contribution in [0.1, 0.15) is 36.6 Å². The van der Waals surface area contributed by atoms with Crippen molar-refractivity contribution < 1.29 is 4.42 Å². The first kappa shape index (κ1) is 15.7. The van der Waals surface area contributed by atoms with Crippen LogP contribution < -0.4 is 5.63 Å². The molecule has 0 unspecified atom stereocenters. The molecular weight excluding hydrogens is 312 g/mol. The number of hydrogen-bond acceptors (Lipinski definition) is 6. The van der Waals surface area contributed by atoms with Crippen molar-refractivity contribution in [1.82, 2.24) is 20.2 Å². The zero-order valence-electron chi connectivity index (χ0n) is 13.5. The van der Waals surface area contributed by atoms with E-state index in [9.17, 15) is 4.79 Å². The van der Waals surface area contributed by atoms with Gasteiger partial charge < -0.3 is 4.42 Å². The highest BCUT2D eigenvalue weighted by atomic mass is 32.2. The molecule has 0 fully saturated rings. The Morgan fingerprint density at radius 3 is 2.83 bits per heavy atom. The Morgan fingerprint density at radius 1 is 1.30 bits per heavy atom. The average molecular weight is 330 g/mol. The molecule has 0 radical (unpaired) electrons. The van der Waals surface area contributed by atoms with Crippen LogP contribution in [0.15, 0.2) is 32.6 Å². The van der Waals surface area contributed by atoms with Crippen LogP contribution in [-0.4, -0.2) is 20.2 Å². The first-order chi connectivity index (χ1) is 11.0. The molecular formula is C16H18N4O2S. The Hall–Kier alpha value is -2.15. The lowest BCUT2D eigenvalue weighted by atomic mass is 10.0. The molecule has 7 heteroatoms. The molecule has 0 atom stereocenters. The fraction of sp³-hybridized carbons (Fsp3) is 0.375. The van der Waals surface area contributed by atoms with Crippen LogP contribution in [0.2, 0.25) is 0 Å². The van der Waals surface area contributed by atoms with Crippen LogP contribution in [0.3, 0.4) is 0 Å². The molecule has 0 spiro atoms. The quantitative estimate of drug-likeness (QED) is 0.540. The number of thioether (sulfide) groups is 1. The second-order valence-electron chi connectivity index (χ2n) is 5.76. The Morgan fingerprint density at radius 2 is 2.09 bits per heavy atom. The second-order valence-corrected chi connectivity index (χ2v) is 6.71. The Kier molecular flexibility index (Phi) is 4.21. The predicted octanol–water partition coefficient (Wildman–Crippen LogP) is 3.27. The van der Waals surface area contributed by atoms with E-state index in [4.69, 9.17) is 4.42 Å². The van der Waals surface area contributed by atoms with Gasteiger partial charge in [0.05, 0.1) is 6.04 Å². The van der Waals surface area contributed by atoms with Crippen LogP contribution in [0.25, 0.3) is 11.0 Å². The lowest BCUT2D eigenvalue weighted by Gasteiger charge is -2.10. The topological polar surface area (TPSA) is 73.8 Å². The smallest absolute Gasteiger partial charge is 0.336 e. The van der Waals surface area contributed by atoms with Crippen LogP contribution in [0.5, 0.6) is 0 Å². The molecule has 0 N–H and O–H groups in total. The molecule has 0 aliphatic rings. The van der Waals surface area contributed by atoms with E-state index in [2.05, 4.69) is 15.5 Å². The van der Waals surface area contributed by atoms with E-state index in [0.29, 0.717) is 11.3 Å². The van der Waals surface area contributed by atoms with Crippen molar-refractivity contribution in [3.8, 4) is 0 Å². The zero-order chi connectivity index (χ0) is 16.6. The molecule has 1 aromatic carbocycles. The van der Waals surface area contributed by atoms with Gasteiger partial charge in [0.15, 0.2) is 0 Å². The van der Waals surface area contributed by atoms with E-state index in [1.807, 2.05) is 39.8 Å². The minimum absolute atomic E-state index is 0.190. The SMILES string of the molecule is Cc1ccc2c(CSc3nnnn3C(C)C)cc(=O)oc2c1C. The number of tetrazole rings is 1. The summed E-state index contributed by atoms with van der Waals surface area (Å²) in [5, 5.41) is 13.5. The van der Waals surface area contributed by atoms with Gasteiger partial charge in [-0.25, -0.2) is 9.48 Å². The standard InChI is InChI=1S/C16H18N4O2S/c1-9(2)20-16(17-18-19-20)23-8-12-7-14(21)22-15-11(4)10(3)5-6-13(12)15/h5-7,9H,8H2,1-4H3. The van der Waals surface area contributed by atoms with E-state index in [1.54, 1.807) is 10.7 Å². The van der Waals surface area contributed by atoms with E-state index < -0.39 is 0 Å². The van der Waals surface area contributed by atoms with Crippen LogP contribution in [0, 0.1) is 13.8 Å². The monoisotopic (exact) mass is 330 g/mol. The molecule has 0 amide bonds. The third kappa shape index (κ3) is 3.01. The van der Waals surface area contributed by atoms with Crippen molar-refractivity contribution in [2.75, 3.05) is 0 Å². The van der Waals surface area contributed by atoms with Gasteiger partial charge in [0.2, 0.25) is 5.16 Å². The highest BCUT2D eigenvalue weighted by Gasteiger charge is 2.13. The van der Waals surface area contributed by atoms with Gasteiger partial charge in [-0.2, -0.15) is 0 Å². The normalized spacial score (nSPS) is 11.5. The third-order valence-corrected chi connectivity index (χ3v) is 4.81. The van der Waals surface area contributed by atoms with Gasteiger partial charge in [-0.1, -0.05) is 23.9 Å². The minimum atomic E-state index is -0.328. The Balaban J connectivity index is 1.99. The Bertz CT molecular complexity index is 914. The molecule has 2 aromatic heterocycles. The van der Waals surface area contributed by atoms with E-state index in [-0.39, 0.29) is 11.7 Å². The van der Waals surface area contributed by atoms with Crippen molar-refractivity contribution in [3.63, 3.8) is 0 Å². The molecule has 0 aliphatic heterocycles. The number of aromatic nitrogens is 4. The summed E-state index contributed by atoms with van der Waals surface area (Å²) in [6.45, 7) is 8.03. The zero-order valence-corrected chi connectivity index (χ0v) is 14.3. The Labute approximate surface area is 137 Å². The summed E-state index contributed by atoms with van der Waals surface area (Å²) in [6.07, 6.45) is 0. The molecule has 6 nitrogen and oxygen atoms in total. The largest absolute Gasteiger partial charge is 0.422 e. The van der Waals surface area contributed by atoms with Crippen molar-refractivity contribution >= 4 is 22.7 Å². The number of hydrogen-bond donors (Lipinski definition) is 0. The van der Waals surface area contributed by atoms with Gasteiger partial charge >= 0.3 is 5.63 Å². The van der Waals surface area contributed by atoms with Crippen molar-refractivity contribution in [2.45, 2.75) is 44.6 Å². The van der Waals surface area contributed by atoms with E-state index in [1.165, 1.54) is 11.8 Å². The summed E-state index contributed by atoms with van der Waals surface area (Å²) in [5.74, 6) is 0.609. The minimum Gasteiger partial charge on any atom is -0.422 e. The summed E-state index contributed by atoms with van der Waals surface area (Å²) in [4.78, 5) is 11.9. The maximum absolute atomic E-state index is 11.9. The predicted molar refractivity (Wildman–Crippen MR) is 89.7 cm³/mol. The lowest BCUT2D eigenvalue weighted by molar-refractivity contribution is 0.477. The highest BCUT2D eigenvalue weighted by Crippen LogP contribution is 2.28. The summed E-state index contributed by atoms with van der Waals surface area (Å²) < 4.78 is 7.17. The van der Waals surface area contributed by atoms with Gasteiger partial charge in [-0.05, 0) is 54.8 Å². The maximum atomic E-state index is 11.9. The fourth-order valence-corrected chi connectivity index (χ4v) is 3.39. The first-order valence-corrected chi connectivity index (χ1v) is 8.39. The van der Waals surface area contributed by atoms with Crippen molar-refractivity contribution in [2.24, 2.45) is 0 Å². The van der Waals surface area contributed by atoms with E-state index in [0.717, 1.165) is 27.2 Å². The van der Waals surface area contributed by atoms with E-state index >= 15 is 0 Å². The van der Waals surface area contributed by atoms with Gasteiger partial charge in [0.25, 0.3) is 0 Å². The molecule has 3 rings (SSSR count). The molecule has 0 bridgehead atoms. The van der Waals surface area contributed by atoms with Crippen LogP contribution in [0.4, 0.5) is 0 Å². The van der Waals surface area contributed by atoms with Crippen LogP contribution >= 0.6 is 11.8 Å². The fourth-order valence-electron chi connectivity index (χ4n) is 2.39. The highest BCUT2D eigenvalue weighted by molar-refractivity contribution is 7.98. The molecule has 23 heavy (non-hydrogen) atoms. The number of fused-ring (bicyclic) bond motifs is 1. The van der Waals surface area contributed by atoms with Crippen molar-refractivity contribution in [3.05, 3.63) is 45.3 Å². The summed E-state index contributed by atoms with van der Waals surface area (Å²) >= 11 is 1.52. The molecule has 0 saturated heterocycles. The van der Waals surface area contributed by atoms with Crippen LogP contribution in [-0.2, 0) is 5.75 Å². The number of nitrogens with zero attached hydrogens (tertiary/aromatic N) is 4. The molecule has 3 aromatic rings. The summed E-state index contributed by atoms with van der Waals surface area (Å²) in [5.41, 5.74) is 3.37. The average Bonchev–Trinajstić information content (AvgIpc) is 2.97. The maximum Gasteiger partial charge on any atom is 0.336 e. The lowest BCUT2D eigenvalue weighted by Crippen LogP contribution is -2.05. The van der Waals surface area contributed by atoms with Gasteiger partial charge in [0.1, 0.15) is 5.58 Å². The number of aryl methyl sites for hydroxylation is 2. The van der Waals surface area contributed by atoms with Crippen molar-refractivity contribution in [1.29, 1.82) is 0 Å². The van der Waals surface area contributed by atoms with Gasteiger partial charge in [-0.3, -0.25) is 0 Å². The summed E-state index contributed by atoms with van der Waals surface area (Å²) in [6, 6.07) is 5.79. The second kappa shape index (κ2) is 6.16. The van der Waals surface area contributed by atoms with Gasteiger partial charge in [0, 0.05) is 17.2 Å². The molecule has 0 aliphatic carbocycles. The number of benzene rings is 1. The third-order valence-electron chi connectivity index (χ3n) is 3.83. The summed E-state index contributed by atoms with van der Waals surface area (Å²) in [7, 11) is 0. The molecule has 120 valence electrons. The van der Waals surface area contributed by atoms with Gasteiger partial charge in [-0.15, -0.1) is 5.10 Å². The number of rotatable bonds is 4. The molecule has 2 heterocycles. The first-order valence-electron chi connectivity index (χ1n) is 7.41.